The first kappa shape index (κ1) is 17.0. The molecule has 0 N–H and O–H groups in total. The number of ketones is 1. The van der Waals surface area contributed by atoms with E-state index in [2.05, 4.69) is 0 Å². The zero-order chi connectivity index (χ0) is 17.5. The summed E-state index contributed by atoms with van der Waals surface area (Å²) in [7, 11) is 0. The molecule has 3 aromatic rings. The van der Waals surface area contributed by atoms with E-state index in [0.717, 1.165) is 11.1 Å². The molecule has 0 heterocycles. The van der Waals surface area contributed by atoms with Gasteiger partial charge in [-0.05, 0) is 41.5 Å². The summed E-state index contributed by atoms with van der Waals surface area (Å²) in [6.45, 7) is 0.423. The fourth-order valence-electron chi connectivity index (χ4n) is 2.37. The van der Waals surface area contributed by atoms with Crippen LogP contribution in [0.1, 0.15) is 21.5 Å². The summed E-state index contributed by atoms with van der Waals surface area (Å²) in [5.41, 5.74) is 2.52. The predicted octanol–water partition coefficient (Wildman–Crippen LogP) is 5.82. The molecular weight excluding hydrogens is 332 g/mol. The summed E-state index contributed by atoms with van der Waals surface area (Å²) < 4.78 is 5.84. The Hall–Kier alpha value is -2.84. The van der Waals surface area contributed by atoms with Crippen LogP contribution in [0, 0.1) is 0 Å². The van der Waals surface area contributed by atoms with Gasteiger partial charge in [0.1, 0.15) is 12.4 Å². The Morgan fingerprint density at radius 2 is 1.56 bits per heavy atom. The van der Waals surface area contributed by atoms with E-state index in [9.17, 15) is 4.79 Å². The van der Waals surface area contributed by atoms with Crippen molar-refractivity contribution in [2.75, 3.05) is 0 Å². The van der Waals surface area contributed by atoms with Crippen molar-refractivity contribution in [2.24, 2.45) is 0 Å². The molecule has 0 amide bonds. The van der Waals surface area contributed by atoms with Crippen molar-refractivity contribution in [2.45, 2.75) is 6.61 Å². The standard InChI is InChI=1S/C22H17ClO2/c23-19-13-10-17(11-14-19)12-15-21(24)20-8-4-5-9-22(20)25-16-18-6-2-1-3-7-18/h1-15H,16H2/b15-12+. The fraction of sp³-hybridized carbons (Fsp3) is 0.0455. The van der Waals surface area contributed by atoms with Crippen LogP contribution in [0.25, 0.3) is 6.08 Å². The van der Waals surface area contributed by atoms with Crippen LogP contribution < -0.4 is 4.74 Å². The molecule has 0 atom stereocenters. The number of carbonyl (C=O) groups excluding carboxylic acids is 1. The van der Waals surface area contributed by atoms with Crippen LogP contribution in [0.15, 0.2) is 84.9 Å². The summed E-state index contributed by atoms with van der Waals surface area (Å²) >= 11 is 5.87. The molecule has 0 aromatic heterocycles. The third-order valence-corrected chi connectivity index (χ3v) is 3.94. The SMILES string of the molecule is O=C(/C=C/c1ccc(Cl)cc1)c1ccccc1OCc1ccccc1. The predicted molar refractivity (Wildman–Crippen MR) is 102 cm³/mol. The number of allylic oxidation sites excluding steroid dienone is 1. The number of carbonyl (C=O) groups is 1. The van der Waals surface area contributed by atoms with Gasteiger partial charge in [-0.15, -0.1) is 0 Å². The summed E-state index contributed by atoms with van der Waals surface area (Å²) in [5, 5.41) is 0.670. The van der Waals surface area contributed by atoms with Crippen LogP contribution in [-0.2, 0) is 6.61 Å². The Bertz CT molecular complexity index is 868. The fourth-order valence-corrected chi connectivity index (χ4v) is 2.49. The third-order valence-electron chi connectivity index (χ3n) is 3.69. The zero-order valence-electron chi connectivity index (χ0n) is 13.6. The monoisotopic (exact) mass is 348 g/mol. The normalized spacial score (nSPS) is 10.8. The van der Waals surface area contributed by atoms with Gasteiger partial charge < -0.3 is 4.74 Å². The highest BCUT2D eigenvalue weighted by Gasteiger charge is 2.09. The molecular formula is C22H17ClO2. The van der Waals surface area contributed by atoms with Crippen molar-refractivity contribution >= 4 is 23.5 Å². The molecule has 0 saturated carbocycles. The Kier molecular flexibility index (Phi) is 5.65. The van der Waals surface area contributed by atoms with Crippen LogP contribution in [0.5, 0.6) is 5.75 Å². The van der Waals surface area contributed by atoms with Crippen molar-refractivity contribution in [3.05, 3.63) is 107 Å². The molecule has 0 spiro atoms. The number of para-hydroxylation sites is 1. The van der Waals surface area contributed by atoms with Crippen LogP contribution in [0.2, 0.25) is 5.02 Å². The van der Waals surface area contributed by atoms with E-state index in [-0.39, 0.29) is 5.78 Å². The number of hydrogen-bond donors (Lipinski definition) is 0. The number of benzene rings is 3. The van der Waals surface area contributed by atoms with E-state index in [1.165, 1.54) is 0 Å². The Labute approximate surface area is 152 Å². The van der Waals surface area contributed by atoms with Gasteiger partial charge in [0.2, 0.25) is 0 Å². The molecule has 124 valence electrons. The maximum absolute atomic E-state index is 12.5. The zero-order valence-corrected chi connectivity index (χ0v) is 14.3. The van der Waals surface area contributed by atoms with Crippen molar-refractivity contribution in [3.63, 3.8) is 0 Å². The maximum Gasteiger partial charge on any atom is 0.189 e. The lowest BCUT2D eigenvalue weighted by molar-refractivity contribution is 0.104. The molecule has 3 aromatic carbocycles. The van der Waals surface area contributed by atoms with E-state index in [4.69, 9.17) is 16.3 Å². The summed E-state index contributed by atoms with van der Waals surface area (Å²) in [4.78, 5) is 12.5. The second kappa shape index (κ2) is 8.32. The van der Waals surface area contributed by atoms with Crippen LogP contribution >= 0.6 is 11.6 Å². The van der Waals surface area contributed by atoms with Gasteiger partial charge in [0.05, 0.1) is 5.56 Å². The number of halogens is 1. The quantitative estimate of drug-likeness (QED) is 0.414. The Balaban J connectivity index is 1.73. The topological polar surface area (TPSA) is 26.3 Å². The summed E-state index contributed by atoms with van der Waals surface area (Å²) in [5.74, 6) is 0.482. The van der Waals surface area contributed by atoms with Gasteiger partial charge in [-0.3, -0.25) is 4.79 Å². The van der Waals surface area contributed by atoms with Crippen LogP contribution in [0.4, 0.5) is 0 Å². The molecule has 0 radical (unpaired) electrons. The van der Waals surface area contributed by atoms with Crippen molar-refractivity contribution in [3.8, 4) is 5.75 Å². The second-order valence-electron chi connectivity index (χ2n) is 5.52. The Morgan fingerprint density at radius 3 is 2.32 bits per heavy atom. The van der Waals surface area contributed by atoms with Gasteiger partial charge >= 0.3 is 0 Å². The average Bonchev–Trinajstić information content (AvgIpc) is 2.67. The highest BCUT2D eigenvalue weighted by atomic mass is 35.5. The van der Waals surface area contributed by atoms with E-state index < -0.39 is 0 Å². The van der Waals surface area contributed by atoms with Crippen molar-refractivity contribution < 1.29 is 9.53 Å². The van der Waals surface area contributed by atoms with Gasteiger partial charge in [0, 0.05) is 5.02 Å². The van der Waals surface area contributed by atoms with Gasteiger partial charge in [0.15, 0.2) is 5.78 Å². The number of rotatable bonds is 6. The number of ether oxygens (including phenoxy) is 1. The lowest BCUT2D eigenvalue weighted by atomic mass is 10.1. The molecule has 3 heteroatoms. The van der Waals surface area contributed by atoms with Gasteiger partial charge in [-0.2, -0.15) is 0 Å². The first-order valence-electron chi connectivity index (χ1n) is 7.96. The highest BCUT2D eigenvalue weighted by molar-refractivity contribution is 6.30. The molecule has 3 rings (SSSR count). The van der Waals surface area contributed by atoms with Gasteiger partial charge in [-0.25, -0.2) is 0 Å². The molecule has 0 aliphatic carbocycles. The van der Waals surface area contributed by atoms with Crippen molar-refractivity contribution in [1.82, 2.24) is 0 Å². The molecule has 0 saturated heterocycles. The average molecular weight is 349 g/mol. The summed E-state index contributed by atoms with van der Waals surface area (Å²) in [6.07, 6.45) is 3.32. The Morgan fingerprint density at radius 1 is 0.880 bits per heavy atom. The minimum absolute atomic E-state index is 0.0985. The van der Waals surface area contributed by atoms with E-state index in [0.29, 0.717) is 22.9 Å². The first-order chi connectivity index (χ1) is 12.2. The smallest absolute Gasteiger partial charge is 0.189 e. The largest absolute Gasteiger partial charge is 0.488 e. The molecule has 0 unspecified atom stereocenters. The molecule has 0 bridgehead atoms. The van der Waals surface area contributed by atoms with Crippen molar-refractivity contribution in [1.29, 1.82) is 0 Å². The van der Waals surface area contributed by atoms with Gasteiger partial charge in [-0.1, -0.05) is 72.3 Å². The third kappa shape index (κ3) is 4.82. The van der Waals surface area contributed by atoms with E-state index in [1.807, 2.05) is 60.7 Å². The molecule has 0 aliphatic rings. The highest BCUT2D eigenvalue weighted by Crippen LogP contribution is 2.21. The molecule has 0 aliphatic heterocycles. The minimum Gasteiger partial charge on any atom is -0.488 e. The maximum atomic E-state index is 12.5. The van der Waals surface area contributed by atoms with Crippen LogP contribution in [-0.4, -0.2) is 5.78 Å². The van der Waals surface area contributed by atoms with E-state index >= 15 is 0 Å². The molecule has 2 nitrogen and oxygen atoms in total. The number of hydrogen-bond acceptors (Lipinski definition) is 2. The van der Waals surface area contributed by atoms with Crippen LogP contribution in [0.3, 0.4) is 0 Å². The van der Waals surface area contributed by atoms with Gasteiger partial charge in [0.25, 0.3) is 0 Å². The summed E-state index contributed by atoms with van der Waals surface area (Å²) in [6, 6.07) is 24.5. The second-order valence-corrected chi connectivity index (χ2v) is 5.96. The molecule has 0 fully saturated rings. The minimum atomic E-state index is -0.0985. The lowest BCUT2D eigenvalue weighted by Crippen LogP contribution is -2.02. The lowest BCUT2D eigenvalue weighted by Gasteiger charge is -2.09. The molecule has 25 heavy (non-hydrogen) atoms. The first-order valence-corrected chi connectivity index (χ1v) is 8.34. The van der Waals surface area contributed by atoms with E-state index in [1.54, 1.807) is 30.4 Å².